The second-order valence-corrected chi connectivity index (χ2v) is 9.82. The molecule has 2 N–H and O–H groups in total. The van der Waals surface area contributed by atoms with Gasteiger partial charge in [-0.15, -0.1) is 10.2 Å². The van der Waals surface area contributed by atoms with Crippen LogP contribution in [0.3, 0.4) is 0 Å². The largest absolute Gasteiger partial charge is 0.497 e. The molecular formula is C30H30F2N8O2. The van der Waals surface area contributed by atoms with Gasteiger partial charge in [-0.3, -0.25) is 0 Å². The van der Waals surface area contributed by atoms with Crippen molar-refractivity contribution in [3.63, 3.8) is 0 Å². The van der Waals surface area contributed by atoms with Crippen molar-refractivity contribution in [1.82, 2.24) is 24.7 Å². The zero-order chi connectivity index (χ0) is 29.1. The number of anilines is 3. The van der Waals surface area contributed by atoms with Crippen LogP contribution in [-0.4, -0.2) is 45.5 Å². The Balaban J connectivity index is 1.12. The number of aromatic nitrogens is 5. The maximum Gasteiger partial charge on any atom is 0.297 e. The van der Waals surface area contributed by atoms with Gasteiger partial charge in [0.1, 0.15) is 23.1 Å². The fraction of sp³-hybridized carbons (Fsp3) is 0.267. The van der Waals surface area contributed by atoms with Crippen molar-refractivity contribution in [2.45, 2.75) is 32.6 Å². The van der Waals surface area contributed by atoms with Gasteiger partial charge in [-0.25, -0.2) is 18.7 Å². The van der Waals surface area contributed by atoms with Crippen molar-refractivity contribution in [1.29, 1.82) is 0 Å². The summed E-state index contributed by atoms with van der Waals surface area (Å²) in [7, 11) is 3.27. The minimum atomic E-state index is -2.63. The summed E-state index contributed by atoms with van der Waals surface area (Å²) in [5, 5.41) is 16.6. The Hall–Kier alpha value is -5.00. The molecule has 1 aliphatic rings. The Morgan fingerprint density at radius 3 is 2.60 bits per heavy atom. The van der Waals surface area contributed by atoms with E-state index in [-0.39, 0.29) is 5.82 Å². The first kappa shape index (κ1) is 27.2. The highest BCUT2D eigenvalue weighted by molar-refractivity contribution is 5.99. The van der Waals surface area contributed by atoms with Crippen LogP contribution in [-0.2, 0) is 26.2 Å². The van der Waals surface area contributed by atoms with E-state index in [1.54, 1.807) is 20.4 Å². The lowest BCUT2D eigenvalue weighted by Crippen LogP contribution is -2.35. The van der Waals surface area contributed by atoms with Crippen LogP contribution in [0.4, 0.5) is 26.1 Å². The lowest BCUT2D eigenvalue weighted by Gasteiger charge is -2.28. The van der Waals surface area contributed by atoms with Crippen LogP contribution < -0.4 is 25.0 Å². The van der Waals surface area contributed by atoms with E-state index in [9.17, 15) is 8.78 Å². The SMILES string of the molecule is COc1ccc(CNc2nccc3c(NCc4ccc(N5CCn6c(nnc6C(F)F)C5)nc4)cccc23)c(OC)c1. The van der Waals surface area contributed by atoms with Crippen molar-refractivity contribution in [3.8, 4) is 11.5 Å². The van der Waals surface area contributed by atoms with E-state index in [1.165, 1.54) is 4.57 Å². The Morgan fingerprint density at radius 2 is 1.81 bits per heavy atom. The molecule has 6 rings (SSSR count). The van der Waals surface area contributed by atoms with Crippen LogP contribution in [0.25, 0.3) is 10.8 Å². The second-order valence-electron chi connectivity index (χ2n) is 9.82. The van der Waals surface area contributed by atoms with E-state index in [1.807, 2.05) is 65.7 Å². The Bertz CT molecular complexity index is 1690. The molecule has 5 aromatic rings. The summed E-state index contributed by atoms with van der Waals surface area (Å²) in [6, 6.07) is 17.8. The fourth-order valence-corrected chi connectivity index (χ4v) is 5.12. The maximum atomic E-state index is 13.1. The van der Waals surface area contributed by atoms with Crippen molar-refractivity contribution in [2.75, 3.05) is 36.3 Å². The van der Waals surface area contributed by atoms with Crippen LogP contribution in [0.5, 0.6) is 11.5 Å². The lowest BCUT2D eigenvalue weighted by molar-refractivity contribution is 0.134. The van der Waals surface area contributed by atoms with Crippen molar-refractivity contribution >= 4 is 28.1 Å². The minimum absolute atomic E-state index is 0.274. The third kappa shape index (κ3) is 5.47. The molecule has 216 valence electrons. The van der Waals surface area contributed by atoms with Crippen molar-refractivity contribution in [2.24, 2.45) is 0 Å². The third-order valence-electron chi connectivity index (χ3n) is 7.34. The summed E-state index contributed by atoms with van der Waals surface area (Å²) in [5.41, 5.74) is 2.98. The average Bonchev–Trinajstić information content (AvgIpc) is 3.47. The number of nitrogens with one attached hydrogen (secondary N) is 2. The van der Waals surface area contributed by atoms with E-state index < -0.39 is 6.43 Å². The first-order valence-electron chi connectivity index (χ1n) is 13.5. The molecule has 4 heterocycles. The number of rotatable bonds is 10. The molecule has 0 radical (unpaired) electrons. The number of fused-ring (bicyclic) bond motifs is 2. The number of hydrogen-bond donors (Lipinski definition) is 2. The van der Waals surface area contributed by atoms with Crippen LogP contribution in [0.2, 0.25) is 0 Å². The Morgan fingerprint density at radius 1 is 0.905 bits per heavy atom. The molecule has 42 heavy (non-hydrogen) atoms. The molecule has 3 aromatic heterocycles. The van der Waals surface area contributed by atoms with Gasteiger partial charge in [0.05, 0.1) is 20.8 Å². The van der Waals surface area contributed by atoms with Crippen LogP contribution in [0.1, 0.15) is 29.2 Å². The van der Waals surface area contributed by atoms with E-state index in [0.717, 1.165) is 50.7 Å². The highest BCUT2D eigenvalue weighted by atomic mass is 19.3. The standard InChI is InChI=1S/C30H30F2N8O2/c1-41-21-8-7-20(25(14-21)42-2)17-36-29-23-4-3-5-24(22(23)10-11-33-29)34-15-19-6-9-26(35-16-19)39-12-13-40-27(18-39)37-38-30(40)28(31)32/h3-11,14,16,28,34H,12-13,15,17-18H2,1-2H3,(H,33,36). The normalized spacial score (nSPS) is 12.8. The molecule has 1 aliphatic heterocycles. The van der Waals surface area contributed by atoms with E-state index in [2.05, 4.69) is 30.8 Å². The maximum absolute atomic E-state index is 13.1. The zero-order valence-corrected chi connectivity index (χ0v) is 23.2. The molecule has 0 spiro atoms. The zero-order valence-electron chi connectivity index (χ0n) is 23.2. The molecule has 0 aliphatic carbocycles. The summed E-state index contributed by atoms with van der Waals surface area (Å²) in [4.78, 5) is 11.2. The first-order chi connectivity index (χ1) is 20.5. The van der Waals surface area contributed by atoms with E-state index >= 15 is 0 Å². The van der Waals surface area contributed by atoms with Gasteiger partial charge in [-0.05, 0) is 35.9 Å². The topological polar surface area (TPSA) is 102 Å². The molecular weight excluding hydrogens is 542 g/mol. The molecule has 0 fully saturated rings. The van der Waals surface area contributed by atoms with Gasteiger partial charge in [0.2, 0.25) is 0 Å². The van der Waals surface area contributed by atoms with Gasteiger partial charge in [0.25, 0.3) is 6.43 Å². The van der Waals surface area contributed by atoms with E-state index in [0.29, 0.717) is 38.5 Å². The van der Waals surface area contributed by atoms with Gasteiger partial charge < -0.3 is 29.6 Å². The Labute approximate surface area is 241 Å². The molecule has 0 atom stereocenters. The molecule has 0 saturated carbocycles. The van der Waals surface area contributed by atoms with Crippen molar-refractivity contribution < 1.29 is 18.3 Å². The fourth-order valence-electron chi connectivity index (χ4n) is 5.12. The number of halogens is 2. The van der Waals surface area contributed by atoms with Gasteiger partial charge in [0.15, 0.2) is 11.6 Å². The van der Waals surface area contributed by atoms with E-state index in [4.69, 9.17) is 9.47 Å². The third-order valence-corrected chi connectivity index (χ3v) is 7.34. The number of hydrogen-bond acceptors (Lipinski definition) is 9. The number of nitrogens with zero attached hydrogens (tertiary/aromatic N) is 6. The molecule has 0 saturated heterocycles. The number of methoxy groups -OCH3 is 2. The summed E-state index contributed by atoms with van der Waals surface area (Å²) >= 11 is 0. The summed E-state index contributed by atoms with van der Waals surface area (Å²) < 4.78 is 38.6. The smallest absolute Gasteiger partial charge is 0.297 e. The van der Waals surface area contributed by atoms with Gasteiger partial charge in [0, 0.05) is 66.7 Å². The molecule has 2 aromatic carbocycles. The molecule has 0 unspecified atom stereocenters. The Kier molecular flexibility index (Phi) is 7.67. The van der Waals surface area contributed by atoms with Crippen LogP contribution in [0, 0.1) is 0 Å². The van der Waals surface area contributed by atoms with Gasteiger partial charge in [-0.2, -0.15) is 0 Å². The molecule has 0 bridgehead atoms. The first-order valence-corrected chi connectivity index (χ1v) is 13.5. The minimum Gasteiger partial charge on any atom is -0.497 e. The summed E-state index contributed by atoms with van der Waals surface area (Å²) in [6.45, 7) is 2.45. The monoisotopic (exact) mass is 572 g/mol. The van der Waals surface area contributed by atoms with Crippen LogP contribution in [0.15, 0.2) is 67.0 Å². The van der Waals surface area contributed by atoms with Gasteiger partial charge in [-0.1, -0.05) is 18.2 Å². The average molecular weight is 573 g/mol. The summed E-state index contributed by atoms with van der Waals surface area (Å²) in [6.07, 6.45) is 0.988. The molecule has 10 nitrogen and oxygen atoms in total. The van der Waals surface area contributed by atoms with Gasteiger partial charge >= 0.3 is 0 Å². The van der Waals surface area contributed by atoms with Crippen molar-refractivity contribution in [3.05, 3.63) is 89.8 Å². The highest BCUT2D eigenvalue weighted by Crippen LogP contribution is 2.30. The second kappa shape index (κ2) is 11.9. The van der Waals surface area contributed by atoms with Crippen LogP contribution >= 0.6 is 0 Å². The highest BCUT2D eigenvalue weighted by Gasteiger charge is 2.25. The lowest BCUT2D eigenvalue weighted by atomic mass is 10.1. The predicted octanol–water partition coefficient (Wildman–Crippen LogP) is 5.42. The molecule has 12 heteroatoms. The number of pyridine rings is 2. The molecule has 0 amide bonds. The number of ether oxygens (including phenoxy) is 2. The summed E-state index contributed by atoms with van der Waals surface area (Å²) in [5.74, 6) is 3.27. The number of alkyl halides is 2. The predicted molar refractivity (Wildman–Crippen MR) is 156 cm³/mol. The number of benzene rings is 2. The quantitative estimate of drug-likeness (QED) is 0.227.